The molecular formula is C24H22N2O4. The lowest BCUT2D eigenvalue weighted by molar-refractivity contribution is -0.118. The Labute approximate surface area is 175 Å². The molecule has 0 spiro atoms. The van der Waals surface area contributed by atoms with E-state index in [-0.39, 0.29) is 12.5 Å². The molecule has 6 heteroatoms. The summed E-state index contributed by atoms with van der Waals surface area (Å²) < 4.78 is 16.6. The van der Waals surface area contributed by atoms with E-state index < -0.39 is 0 Å². The van der Waals surface area contributed by atoms with Gasteiger partial charge in [0, 0.05) is 11.8 Å². The summed E-state index contributed by atoms with van der Waals surface area (Å²) in [4.78, 5) is 12.3. The van der Waals surface area contributed by atoms with Crippen molar-refractivity contribution < 1.29 is 19.0 Å². The van der Waals surface area contributed by atoms with E-state index in [0.717, 1.165) is 11.1 Å². The Balaban J connectivity index is 1.55. The maximum Gasteiger partial charge on any atom is 0.262 e. The van der Waals surface area contributed by atoms with Crippen molar-refractivity contribution in [3.05, 3.63) is 83.4 Å². The summed E-state index contributed by atoms with van der Waals surface area (Å²) in [5.41, 5.74) is 3.12. The minimum Gasteiger partial charge on any atom is -0.493 e. The lowest BCUT2D eigenvalue weighted by Crippen LogP contribution is -2.20. The van der Waals surface area contributed by atoms with Crippen LogP contribution in [0.3, 0.4) is 0 Å². The van der Waals surface area contributed by atoms with Crippen LogP contribution in [0.2, 0.25) is 0 Å². The molecule has 1 amide bonds. The van der Waals surface area contributed by atoms with Crippen molar-refractivity contribution in [2.24, 2.45) is 0 Å². The third kappa shape index (κ3) is 5.76. The summed E-state index contributed by atoms with van der Waals surface area (Å²) in [6.45, 7) is 2.13. The first kappa shape index (κ1) is 20.7. The number of amides is 1. The minimum absolute atomic E-state index is 0.147. The first-order chi connectivity index (χ1) is 14.6. The van der Waals surface area contributed by atoms with Crippen molar-refractivity contribution >= 4 is 11.6 Å². The number of hydrogen-bond donors (Lipinski definition) is 1. The molecule has 0 bridgehead atoms. The fourth-order valence-electron chi connectivity index (χ4n) is 2.80. The SMILES string of the molecule is COc1cc(C)ccc1OCC(=O)Nc1cccc(OCc2cccc(C#N)c2)c1. The lowest BCUT2D eigenvalue weighted by atomic mass is 10.1. The molecule has 152 valence electrons. The Morgan fingerprint density at radius 2 is 1.83 bits per heavy atom. The van der Waals surface area contributed by atoms with Crippen LogP contribution >= 0.6 is 0 Å². The Morgan fingerprint density at radius 1 is 1.00 bits per heavy atom. The second-order valence-corrected chi connectivity index (χ2v) is 6.62. The number of anilines is 1. The topological polar surface area (TPSA) is 80.6 Å². The highest BCUT2D eigenvalue weighted by atomic mass is 16.5. The number of nitriles is 1. The quantitative estimate of drug-likeness (QED) is 0.601. The normalized spacial score (nSPS) is 10.0. The number of carbonyl (C=O) groups is 1. The van der Waals surface area contributed by atoms with Gasteiger partial charge < -0.3 is 19.5 Å². The first-order valence-corrected chi connectivity index (χ1v) is 9.36. The van der Waals surface area contributed by atoms with Crippen molar-refractivity contribution in [1.29, 1.82) is 5.26 Å². The molecule has 0 heterocycles. The highest BCUT2D eigenvalue weighted by Crippen LogP contribution is 2.27. The molecule has 3 rings (SSSR count). The molecule has 3 aromatic carbocycles. The number of ether oxygens (including phenoxy) is 3. The number of rotatable bonds is 8. The fraction of sp³-hybridized carbons (Fsp3) is 0.167. The molecule has 0 aliphatic carbocycles. The number of nitrogens with one attached hydrogen (secondary N) is 1. The minimum atomic E-state index is -0.295. The van der Waals surface area contributed by atoms with Gasteiger partial charge in [0.25, 0.3) is 5.91 Å². The van der Waals surface area contributed by atoms with Gasteiger partial charge in [0.05, 0.1) is 18.7 Å². The number of benzene rings is 3. The Morgan fingerprint density at radius 3 is 2.63 bits per heavy atom. The van der Waals surface area contributed by atoms with Gasteiger partial charge >= 0.3 is 0 Å². The number of aryl methyl sites for hydroxylation is 1. The lowest BCUT2D eigenvalue weighted by Gasteiger charge is -2.12. The predicted octanol–water partition coefficient (Wildman–Crippen LogP) is 4.47. The van der Waals surface area contributed by atoms with E-state index in [0.29, 0.717) is 35.1 Å². The molecule has 0 atom stereocenters. The van der Waals surface area contributed by atoms with Crippen molar-refractivity contribution in [3.63, 3.8) is 0 Å². The van der Waals surface area contributed by atoms with Crippen LogP contribution in [0.5, 0.6) is 17.2 Å². The predicted molar refractivity (Wildman–Crippen MR) is 114 cm³/mol. The van der Waals surface area contributed by atoms with Crippen LogP contribution in [0.4, 0.5) is 5.69 Å². The molecule has 1 N–H and O–H groups in total. The van der Waals surface area contributed by atoms with E-state index in [1.807, 2.05) is 31.2 Å². The molecule has 0 radical (unpaired) electrons. The average Bonchev–Trinajstić information content (AvgIpc) is 2.77. The van der Waals surface area contributed by atoms with Gasteiger partial charge in [-0.25, -0.2) is 0 Å². The fourth-order valence-corrected chi connectivity index (χ4v) is 2.80. The van der Waals surface area contributed by atoms with E-state index in [4.69, 9.17) is 19.5 Å². The number of hydrogen-bond acceptors (Lipinski definition) is 5. The molecule has 6 nitrogen and oxygen atoms in total. The third-order valence-corrected chi connectivity index (χ3v) is 4.26. The second kappa shape index (κ2) is 9.99. The molecule has 0 aromatic heterocycles. The Hall–Kier alpha value is -3.98. The van der Waals surface area contributed by atoms with Gasteiger partial charge in [-0.05, 0) is 54.4 Å². The van der Waals surface area contributed by atoms with Crippen molar-refractivity contribution in [2.45, 2.75) is 13.5 Å². The van der Waals surface area contributed by atoms with Crippen LogP contribution in [-0.4, -0.2) is 19.6 Å². The van der Waals surface area contributed by atoms with Gasteiger partial charge in [-0.15, -0.1) is 0 Å². The van der Waals surface area contributed by atoms with Crippen LogP contribution in [0.1, 0.15) is 16.7 Å². The van der Waals surface area contributed by atoms with E-state index in [9.17, 15) is 4.79 Å². The number of methoxy groups -OCH3 is 1. The average molecular weight is 402 g/mol. The molecule has 0 fully saturated rings. The van der Waals surface area contributed by atoms with E-state index in [1.54, 1.807) is 49.6 Å². The second-order valence-electron chi connectivity index (χ2n) is 6.62. The monoisotopic (exact) mass is 402 g/mol. The maximum atomic E-state index is 12.3. The molecule has 0 aliphatic heterocycles. The summed E-state index contributed by atoms with van der Waals surface area (Å²) in [7, 11) is 1.56. The van der Waals surface area contributed by atoms with Crippen LogP contribution in [0.15, 0.2) is 66.7 Å². The number of carbonyl (C=O) groups excluding carboxylic acids is 1. The molecule has 0 saturated heterocycles. The summed E-state index contributed by atoms with van der Waals surface area (Å²) in [6.07, 6.45) is 0. The summed E-state index contributed by atoms with van der Waals surface area (Å²) in [5.74, 6) is 1.40. The van der Waals surface area contributed by atoms with E-state index in [2.05, 4.69) is 11.4 Å². The van der Waals surface area contributed by atoms with Gasteiger partial charge in [0.1, 0.15) is 12.4 Å². The molecule has 3 aromatic rings. The van der Waals surface area contributed by atoms with Crippen molar-refractivity contribution in [3.8, 4) is 23.3 Å². The summed E-state index contributed by atoms with van der Waals surface area (Å²) >= 11 is 0. The maximum absolute atomic E-state index is 12.3. The van der Waals surface area contributed by atoms with Crippen LogP contribution in [0, 0.1) is 18.3 Å². The van der Waals surface area contributed by atoms with Gasteiger partial charge in [0.15, 0.2) is 18.1 Å². The van der Waals surface area contributed by atoms with Crippen LogP contribution < -0.4 is 19.5 Å². The Kier molecular flexibility index (Phi) is 6.91. The smallest absolute Gasteiger partial charge is 0.262 e. The molecule has 0 saturated carbocycles. The summed E-state index contributed by atoms with van der Waals surface area (Å²) in [6, 6.07) is 22.0. The highest BCUT2D eigenvalue weighted by molar-refractivity contribution is 5.92. The molecule has 0 aliphatic rings. The first-order valence-electron chi connectivity index (χ1n) is 9.36. The van der Waals surface area contributed by atoms with Gasteiger partial charge in [0.2, 0.25) is 0 Å². The van der Waals surface area contributed by atoms with E-state index in [1.165, 1.54) is 0 Å². The zero-order valence-electron chi connectivity index (χ0n) is 16.8. The molecular weight excluding hydrogens is 380 g/mol. The standard InChI is InChI=1S/C24H22N2O4/c1-17-9-10-22(23(11-17)28-2)30-16-24(27)26-20-7-4-8-21(13-20)29-15-19-6-3-5-18(12-19)14-25/h3-13H,15-16H2,1-2H3,(H,26,27). The Bertz CT molecular complexity index is 1070. The third-order valence-electron chi connectivity index (χ3n) is 4.26. The van der Waals surface area contributed by atoms with Gasteiger partial charge in [-0.2, -0.15) is 5.26 Å². The van der Waals surface area contributed by atoms with Crippen molar-refractivity contribution in [2.75, 3.05) is 19.0 Å². The van der Waals surface area contributed by atoms with E-state index >= 15 is 0 Å². The summed E-state index contributed by atoms with van der Waals surface area (Å²) in [5, 5.41) is 11.8. The van der Waals surface area contributed by atoms with Gasteiger partial charge in [-0.3, -0.25) is 4.79 Å². The zero-order chi connectivity index (χ0) is 21.3. The van der Waals surface area contributed by atoms with Crippen LogP contribution in [0.25, 0.3) is 0 Å². The largest absolute Gasteiger partial charge is 0.493 e. The van der Waals surface area contributed by atoms with Crippen LogP contribution in [-0.2, 0) is 11.4 Å². The molecule has 30 heavy (non-hydrogen) atoms. The van der Waals surface area contributed by atoms with Crippen molar-refractivity contribution in [1.82, 2.24) is 0 Å². The van der Waals surface area contributed by atoms with Gasteiger partial charge in [-0.1, -0.05) is 24.3 Å². The zero-order valence-corrected chi connectivity index (χ0v) is 16.8. The molecule has 0 unspecified atom stereocenters. The number of nitrogens with zero attached hydrogens (tertiary/aromatic N) is 1. The highest BCUT2D eigenvalue weighted by Gasteiger charge is 2.09.